The fraction of sp³-hybridized carbons (Fsp3) is 0.474. The van der Waals surface area contributed by atoms with Gasteiger partial charge in [-0.2, -0.15) is 5.26 Å². The molecule has 1 aliphatic carbocycles. The maximum absolute atomic E-state index is 12.7. The Morgan fingerprint density at radius 2 is 1.96 bits per heavy atom. The normalized spacial score (nSPS) is 15.9. The molecule has 1 amide bonds. The fourth-order valence-electron chi connectivity index (χ4n) is 3.41. The molecule has 0 radical (unpaired) electrons. The second-order valence-corrected chi connectivity index (χ2v) is 8.20. The van der Waals surface area contributed by atoms with E-state index < -0.39 is 5.54 Å². The molecule has 0 aliphatic heterocycles. The molecule has 27 heavy (non-hydrogen) atoms. The quantitative estimate of drug-likeness (QED) is 0.707. The summed E-state index contributed by atoms with van der Waals surface area (Å²) in [6.07, 6.45) is 4.62. The Morgan fingerprint density at radius 3 is 2.59 bits per heavy atom. The molecular weight excluding hydrogens is 382 g/mol. The molecule has 142 valence electrons. The van der Waals surface area contributed by atoms with Gasteiger partial charge in [0.2, 0.25) is 5.91 Å². The van der Waals surface area contributed by atoms with E-state index in [1.807, 2.05) is 35.9 Å². The van der Waals surface area contributed by atoms with Gasteiger partial charge in [0, 0.05) is 24.7 Å². The van der Waals surface area contributed by atoms with Crippen LogP contribution in [0.2, 0.25) is 5.02 Å². The SMILES string of the molecule is CN(C(=O)CSc1nnc(-c2ccc(Cl)cc2)n1C)C1(C#N)CCCCC1. The monoisotopic (exact) mass is 403 g/mol. The lowest BCUT2D eigenvalue weighted by Gasteiger charge is -2.39. The van der Waals surface area contributed by atoms with Crippen LogP contribution in [0.1, 0.15) is 32.1 Å². The van der Waals surface area contributed by atoms with E-state index in [2.05, 4.69) is 16.3 Å². The van der Waals surface area contributed by atoms with Crippen molar-refractivity contribution < 1.29 is 4.79 Å². The van der Waals surface area contributed by atoms with Gasteiger partial charge in [-0.25, -0.2) is 0 Å². The molecular formula is C19H22ClN5OS. The number of hydrogen-bond acceptors (Lipinski definition) is 5. The van der Waals surface area contributed by atoms with Crippen molar-refractivity contribution in [1.82, 2.24) is 19.7 Å². The highest BCUT2D eigenvalue weighted by molar-refractivity contribution is 7.99. The Labute approximate surface area is 168 Å². The summed E-state index contributed by atoms with van der Waals surface area (Å²) >= 11 is 7.27. The van der Waals surface area contributed by atoms with Crippen molar-refractivity contribution in [3.63, 3.8) is 0 Å². The average Bonchev–Trinajstić information content (AvgIpc) is 3.07. The molecule has 1 aromatic heterocycles. The van der Waals surface area contributed by atoms with E-state index in [1.165, 1.54) is 11.8 Å². The van der Waals surface area contributed by atoms with E-state index in [0.29, 0.717) is 10.2 Å². The van der Waals surface area contributed by atoms with Crippen LogP contribution in [0.4, 0.5) is 0 Å². The van der Waals surface area contributed by atoms with Crippen molar-refractivity contribution in [3.05, 3.63) is 29.3 Å². The van der Waals surface area contributed by atoms with Crippen molar-refractivity contribution in [1.29, 1.82) is 5.26 Å². The average molecular weight is 404 g/mol. The van der Waals surface area contributed by atoms with Gasteiger partial charge < -0.3 is 9.47 Å². The van der Waals surface area contributed by atoms with E-state index in [1.54, 1.807) is 11.9 Å². The minimum absolute atomic E-state index is 0.0560. The number of carbonyl (C=O) groups is 1. The predicted molar refractivity (Wildman–Crippen MR) is 106 cm³/mol. The van der Waals surface area contributed by atoms with Gasteiger partial charge in [0.1, 0.15) is 5.54 Å². The Kier molecular flexibility index (Phi) is 6.08. The van der Waals surface area contributed by atoms with Gasteiger partial charge in [0.15, 0.2) is 11.0 Å². The highest BCUT2D eigenvalue weighted by atomic mass is 35.5. The van der Waals surface area contributed by atoms with Crippen LogP contribution >= 0.6 is 23.4 Å². The third kappa shape index (κ3) is 4.12. The summed E-state index contributed by atoms with van der Waals surface area (Å²) in [5, 5.41) is 19.4. The third-order valence-corrected chi connectivity index (χ3v) is 6.42. The summed E-state index contributed by atoms with van der Waals surface area (Å²) < 4.78 is 1.86. The first-order chi connectivity index (χ1) is 13.0. The van der Waals surface area contributed by atoms with Gasteiger partial charge in [-0.05, 0) is 37.1 Å². The molecule has 2 aromatic rings. The number of nitriles is 1. The van der Waals surface area contributed by atoms with Crippen molar-refractivity contribution in [3.8, 4) is 17.5 Å². The van der Waals surface area contributed by atoms with Crippen molar-refractivity contribution in [2.75, 3.05) is 12.8 Å². The number of halogens is 1. The lowest BCUT2D eigenvalue weighted by atomic mass is 9.81. The van der Waals surface area contributed by atoms with Crippen LogP contribution in [0, 0.1) is 11.3 Å². The number of aromatic nitrogens is 3. The minimum atomic E-state index is -0.662. The number of thioether (sulfide) groups is 1. The molecule has 0 saturated heterocycles. The number of nitrogens with zero attached hydrogens (tertiary/aromatic N) is 5. The second-order valence-electron chi connectivity index (χ2n) is 6.82. The van der Waals surface area contributed by atoms with E-state index in [9.17, 15) is 10.1 Å². The molecule has 1 aliphatic rings. The number of carbonyl (C=O) groups excluding carboxylic acids is 1. The standard InChI is InChI=1S/C19H22ClN5OS/c1-24-17(14-6-8-15(20)9-7-14)22-23-18(24)27-12-16(26)25(2)19(13-21)10-4-3-5-11-19/h6-9H,3-5,10-12H2,1-2H3. The fourth-order valence-corrected chi connectivity index (χ4v) is 4.36. The molecule has 8 heteroatoms. The topological polar surface area (TPSA) is 74.8 Å². The summed E-state index contributed by atoms with van der Waals surface area (Å²) in [7, 11) is 3.62. The van der Waals surface area contributed by atoms with Crippen LogP contribution in [-0.4, -0.2) is 43.9 Å². The Bertz CT molecular complexity index is 852. The number of amides is 1. The maximum atomic E-state index is 12.7. The summed E-state index contributed by atoms with van der Waals surface area (Å²) in [4.78, 5) is 14.3. The number of benzene rings is 1. The zero-order chi connectivity index (χ0) is 19.4. The molecule has 0 bridgehead atoms. The zero-order valence-electron chi connectivity index (χ0n) is 15.5. The first-order valence-corrected chi connectivity index (χ1v) is 10.3. The molecule has 1 saturated carbocycles. The molecule has 0 N–H and O–H groups in total. The van der Waals surface area contributed by atoms with Gasteiger partial charge >= 0.3 is 0 Å². The number of hydrogen-bond donors (Lipinski definition) is 0. The van der Waals surface area contributed by atoms with Crippen LogP contribution in [0.5, 0.6) is 0 Å². The van der Waals surface area contributed by atoms with Gasteiger partial charge in [-0.15, -0.1) is 10.2 Å². The van der Waals surface area contributed by atoms with E-state index >= 15 is 0 Å². The van der Waals surface area contributed by atoms with Crippen LogP contribution < -0.4 is 0 Å². The van der Waals surface area contributed by atoms with E-state index in [0.717, 1.165) is 43.5 Å². The Balaban J connectivity index is 1.67. The molecule has 1 fully saturated rings. The largest absolute Gasteiger partial charge is 0.326 e. The first-order valence-electron chi connectivity index (χ1n) is 8.93. The van der Waals surface area contributed by atoms with Gasteiger partial charge in [-0.3, -0.25) is 4.79 Å². The van der Waals surface area contributed by atoms with Crippen molar-refractivity contribution in [2.24, 2.45) is 7.05 Å². The predicted octanol–water partition coefficient (Wildman–Crippen LogP) is 3.91. The molecule has 3 rings (SSSR count). The molecule has 0 unspecified atom stereocenters. The van der Waals surface area contributed by atoms with Crippen molar-refractivity contribution >= 4 is 29.3 Å². The molecule has 6 nitrogen and oxygen atoms in total. The Hall–Kier alpha value is -2.04. The number of rotatable bonds is 5. The van der Waals surface area contributed by atoms with Crippen LogP contribution in [0.15, 0.2) is 29.4 Å². The summed E-state index contributed by atoms with van der Waals surface area (Å²) in [5.41, 5.74) is 0.250. The third-order valence-electron chi connectivity index (χ3n) is 5.17. The molecule has 0 spiro atoms. The molecule has 1 aromatic carbocycles. The first kappa shape index (κ1) is 19.7. The van der Waals surface area contributed by atoms with E-state index in [4.69, 9.17) is 11.6 Å². The van der Waals surface area contributed by atoms with Gasteiger partial charge in [-0.1, -0.05) is 42.6 Å². The lowest BCUT2D eigenvalue weighted by molar-refractivity contribution is -0.131. The van der Waals surface area contributed by atoms with Gasteiger partial charge in [0.05, 0.1) is 11.8 Å². The summed E-state index contributed by atoms with van der Waals surface area (Å²) in [6, 6.07) is 9.78. The van der Waals surface area contributed by atoms with Crippen LogP contribution in [0.25, 0.3) is 11.4 Å². The lowest BCUT2D eigenvalue weighted by Crippen LogP contribution is -2.50. The minimum Gasteiger partial charge on any atom is -0.326 e. The smallest absolute Gasteiger partial charge is 0.234 e. The van der Waals surface area contributed by atoms with Crippen molar-refractivity contribution in [2.45, 2.75) is 42.8 Å². The maximum Gasteiger partial charge on any atom is 0.234 e. The zero-order valence-corrected chi connectivity index (χ0v) is 17.1. The van der Waals surface area contributed by atoms with E-state index in [-0.39, 0.29) is 11.7 Å². The summed E-state index contributed by atoms with van der Waals surface area (Å²) in [5.74, 6) is 0.891. The molecule has 1 heterocycles. The molecule has 0 atom stereocenters. The second kappa shape index (κ2) is 8.32. The van der Waals surface area contributed by atoms with Crippen LogP contribution in [-0.2, 0) is 11.8 Å². The summed E-state index contributed by atoms with van der Waals surface area (Å²) in [6.45, 7) is 0. The highest BCUT2D eigenvalue weighted by Crippen LogP contribution is 2.33. The Morgan fingerprint density at radius 1 is 1.30 bits per heavy atom. The van der Waals surface area contributed by atoms with Gasteiger partial charge in [0.25, 0.3) is 0 Å². The van der Waals surface area contributed by atoms with Crippen LogP contribution in [0.3, 0.4) is 0 Å². The highest BCUT2D eigenvalue weighted by Gasteiger charge is 2.38.